The van der Waals surface area contributed by atoms with Crippen molar-refractivity contribution in [1.82, 2.24) is 0 Å². The average Bonchev–Trinajstić information content (AvgIpc) is 3.48. The van der Waals surface area contributed by atoms with Gasteiger partial charge >= 0.3 is 5.97 Å². The maximum absolute atomic E-state index is 12.7. The fourth-order valence-corrected chi connectivity index (χ4v) is 10.9. The van der Waals surface area contributed by atoms with E-state index in [1.807, 2.05) is 28.5 Å². The molecule has 8 aliphatic rings. The smallest absolute Gasteiger partial charge is 0.306 e. The Bertz CT molecular complexity index is 922. The van der Waals surface area contributed by atoms with Crippen molar-refractivity contribution < 1.29 is 53.6 Å². The standard InChI is InChI=1S/C25H38O11S2/c1-22-11-24(31-2)15-9-25(22,23(15,12-27)21(35-22)36-24)34-20-18(30)19(17(29)14(10-26)32-20)33-16(28)6-4-3-5-13-7-8-37-38-13/h13-15,17-21,26-27,29-30H,3-12H2,1-2H3/t13?,14?,15-,17-,18?,19+,20+,21+,22+,23?,24-,25+/m1/s1. The predicted octanol–water partition coefficient (Wildman–Crippen LogP) is 0.697. The second-order valence-corrected chi connectivity index (χ2v) is 14.4. The van der Waals surface area contributed by atoms with Gasteiger partial charge in [0.2, 0.25) is 0 Å². The second kappa shape index (κ2) is 9.97. The number of methoxy groups -OCH3 is 1. The molecule has 0 aromatic carbocycles. The summed E-state index contributed by atoms with van der Waals surface area (Å²) in [4.78, 5) is 12.7. The molecule has 13 heteroatoms. The Morgan fingerprint density at radius 2 is 1.97 bits per heavy atom. The van der Waals surface area contributed by atoms with Gasteiger partial charge in [-0.2, -0.15) is 0 Å². The summed E-state index contributed by atoms with van der Waals surface area (Å²) in [5, 5.41) is 43.1. The highest BCUT2D eigenvalue weighted by molar-refractivity contribution is 8.77. The number of esters is 1. The number of ether oxygens (including phenoxy) is 6. The van der Waals surface area contributed by atoms with E-state index in [0.717, 1.165) is 12.8 Å². The fraction of sp³-hybridized carbons (Fsp3) is 0.960. The molecule has 6 bridgehead atoms. The molecule has 0 aromatic rings. The van der Waals surface area contributed by atoms with Gasteiger partial charge in [-0.05, 0) is 32.6 Å². The van der Waals surface area contributed by atoms with E-state index in [4.69, 9.17) is 28.4 Å². The number of carbonyl (C=O) groups is 1. The summed E-state index contributed by atoms with van der Waals surface area (Å²) >= 11 is 0. The number of carbonyl (C=O) groups excluding carboxylic acids is 1. The number of unbranched alkanes of at least 4 members (excludes halogenated alkanes) is 1. The molecule has 5 aliphatic heterocycles. The number of hydrogen-bond acceptors (Lipinski definition) is 13. The van der Waals surface area contributed by atoms with Crippen LogP contribution >= 0.6 is 21.6 Å². The molecule has 8 fully saturated rings. The first kappa shape index (κ1) is 28.0. The molecule has 3 aliphatic carbocycles. The monoisotopic (exact) mass is 578 g/mol. The zero-order valence-corrected chi connectivity index (χ0v) is 23.3. The van der Waals surface area contributed by atoms with Crippen molar-refractivity contribution in [2.24, 2.45) is 11.3 Å². The van der Waals surface area contributed by atoms with Gasteiger partial charge in [-0.15, -0.1) is 0 Å². The number of aliphatic hydroxyl groups excluding tert-OH is 4. The SMILES string of the molecule is CO[C@]12C[C@]3(C)O[C@@H](O1)C1(CO)[C@H]2C[C@@]13O[C@@H]1OC(CO)[C@@H](O)[C@H](OC(=O)CCCCC2CCSS2)C1O. The third kappa shape index (κ3) is 3.73. The molecule has 0 aromatic heterocycles. The Morgan fingerprint density at radius 1 is 1.16 bits per heavy atom. The van der Waals surface area contributed by atoms with Crippen molar-refractivity contribution >= 4 is 27.6 Å². The molecule has 0 amide bonds. The summed E-state index contributed by atoms with van der Waals surface area (Å²) in [5.74, 6) is -0.425. The van der Waals surface area contributed by atoms with Gasteiger partial charge in [-0.1, -0.05) is 28.0 Å². The topological polar surface area (TPSA) is 153 Å². The quantitative estimate of drug-likeness (QED) is 0.155. The molecular weight excluding hydrogens is 540 g/mol. The van der Waals surface area contributed by atoms with Crippen LogP contribution in [0.2, 0.25) is 0 Å². The molecule has 0 spiro atoms. The van der Waals surface area contributed by atoms with Crippen LogP contribution in [0.25, 0.3) is 0 Å². The Morgan fingerprint density at radius 3 is 2.66 bits per heavy atom. The van der Waals surface area contributed by atoms with Gasteiger partial charge in [0, 0.05) is 36.9 Å². The first-order valence-electron chi connectivity index (χ1n) is 13.5. The largest absolute Gasteiger partial charge is 0.456 e. The van der Waals surface area contributed by atoms with Gasteiger partial charge in [0.1, 0.15) is 29.5 Å². The third-order valence-electron chi connectivity index (χ3n) is 9.83. The van der Waals surface area contributed by atoms with E-state index >= 15 is 0 Å². The highest BCUT2D eigenvalue weighted by Gasteiger charge is 2.94. The van der Waals surface area contributed by atoms with Crippen LogP contribution < -0.4 is 0 Å². The van der Waals surface area contributed by atoms with Crippen LogP contribution in [0.15, 0.2) is 0 Å². The van der Waals surface area contributed by atoms with Crippen molar-refractivity contribution in [2.45, 2.75) is 111 Å². The molecule has 0 radical (unpaired) electrons. The summed E-state index contributed by atoms with van der Waals surface area (Å²) in [7, 11) is 5.37. The fourth-order valence-electron chi connectivity index (χ4n) is 7.83. The van der Waals surface area contributed by atoms with Crippen LogP contribution in [0.1, 0.15) is 51.9 Å². The number of hydrogen-bond donors (Lipinski definition) is 4. The Kier molecular flexibility index (Phi) is 7.33. The number of aliphatic hydroxyl groups is 4. The average molecular weight is 579 g/mol. The minimum atomic E-state index is -1.52. The van der Waals surface area contributed by atoms with E-state index in [0.29, 0.717) is 24.5 Å². The summed E-state index contributed by atoms with van der Waals surface area (Å²) in [5.41, 5.74) is -2.90. The van der Waals surface area contributed by atoms with Crippen LogP contribution in [0.4, 0.5) is 0 Å². The minimum absolute atomic E-state index is 0.167. The molecule has 4 unspecified atom stereocenters. The second-order valence-electron chi connectivity index (χ2n) is 11.6. The predicted molar refractivity (Wildman–Crippen MR) is 135 cm³/mol. The first-order chi connectivity index (χ1) is 18.2. The zero-order valence-electron chi connectivity index (χ0n) is 21.7. The third-order valence-corrected chi connectivity index (χ3v) is 12.8. The lowest BCUT2D eigenvalue weighted by Gasteiger charge is -2.68. The summed E-state index contributed by atoms with van der Waals surface area (Å²) < 4.78 is 36.0. The lowest BCUT2D eigenvalue weighted by atomic mass is 9.41. The molecule has 3 saturated carbocycles. The van der Waals surface area contributed by atoms with Gasteiger partial charge in [-0.3, -0.25) is 4.79 Å². The molecule has 11 nitrogen and oxygen atoms in total. The van der Waals surface area contributed by atoms with E-state index in [2.05, 4.69) is 0 Å². The molecule has 12 atom stereocenters. The maximum atomic E-state index is 12.7. The maximum Gasteiger partial charge on any atom is 0.306 e. The van der Waals surface area contributed by atoms with Crippen molar-refractivity contribution in [3.63, 3.8) is 0 Å². The van der Waals surface area contributed by atoms with Crippen LogP contribution in [-0.4, -0.2) is 112 Å². The molecule has 8 rings (SSSR count). The molecule has 4 N–H and O–H groups in total. The van der Waals surface area contributed by atoms with Crippen LogP contribution in [0.5, 0.6) is 0 Å². The normalized spacial score (nSPS) is 52.4. The zero-order chi connectivity index (χ0) is 26.9. The Labute approximate surface area is 229 Å². The van der Waals surface area contributed by atoms with E-state index in [1.54, 1.807) is 7.11 Å². The van der Waals surface area contributed by atoms with Gasteiger partial charge in [0.05, 0.1) is 18.6 Å². The summed E-state index contributed by atoms with van der Waals surface area (Å²) in [6.45, 7) is 1.03. The molecule has 5 heterocycles. The summed E-state index contributed by atoms with van der Waals surface area (Å²) in [6, 6.07) is 0. The molecular formula is C25H38O11S2. The Hall–Kier alpha value is -0.190. The Balaban J connectivity index is 1.14. The van der Waals surface area contributed by atoms with Gasteiger partial charge < -0.3 is 48.8 Å². The van der Waals surface area contributed by atoms with Crippen LogP contribution in [-0.2, 0) is 33.2 Å². The van der Waals surface area contributed by atoms with E-state index in [1.165, 1.54) is 12.2 Å². The van der Waals surface area contributed by atoms with Gasteiger partial charge in [0.25, 0.3) is 0 Å². The van der Waals surface area contributed by atoms with Gasteiger partial charge in [-0.25, -0.2) is 0 Å². The van der Waals surface area contributed by atoms with Crippen LogP contribution in [0.3, 0.4) is 0 Å². The van der Waals surface area contributed by atoms with Crippen molar-refractivity contribution in [1.29, 1.82) is 0 Å². The number of rotatable bonds is 11. The van der Waals surface area contributed by atoms with E-state index < -0.39 is 72.0 Å². The highest BCUT2D eigenvalue weighted by Crippen LogP contribution is 2.82. The minimum Gasteiger partial charge on any atom is -0.456 e. The van der Waals surface area contributed by atoms with Crippen molar-refractivity contribution in [2.75, 3.05) is 26.1 Å². The van der Waals surface area contributed by atoms with Crippen molar-refractivity contribution in [3.05, 3.63) is 0 Å². The first-order valence-corrected chi connectivity index (χ1v) is 15.9. The van der Waals surface area contributed by atoms with Crippen LogP contribution in [0, 0.1) is 11.3 Å². The van der Waals surface area contributed by atoms with Crippen molar-refractivity contribution in [3.8, 4) is 0 Å². The summed E-state index contributed by atoms with van der Waals surface area (Å²) in [6.07, 6.45) is -2.78. The van der Waals surface area contributed by atoms with Gasteiger partial charge in [0.15, 0.2) is 24.5 Å². The lowest BCUT2D eigenvalue weighted by Crippen LogP contribution is -2.81. The molecule has 38 heavy (non-hydrogen) atoms. The van der Waals surface area contributed by atoms with E-state index in [-0.39, 0.29) is 18.9 Å². The molecule has 5 saturated heterocycles. The lowest BCUT2D eigenvalue weighted by molar-refractivity contribution is -0.427. The van der Waals surface area contributed by atoms with E-state index in [9.17, 15) is 25.2 Å². The highest BCUT2D eigenvalue weighted by atomic mass is 33.1. The molecule has 216 valence electrons.